The Hall–Kier alpha value is -1.41. The molecule has 0 bridgehead atoms. The Balaban J connectivity index is 2.74. The molecule has 0 heterocycles. The predicted octanol–water partition coefficient (Wildman–Crippen LogP) is 2.00. The molecule has 1 aromatic carbocycles. The van der Waals surface area contributed by atoms with E-state index in [1.807, 2.05) is 51.1 Å². The van der Waals surface area contributed by atoms with Gasteiger partial charge < -0.3 is 10.2 Å². The minimum atomic E-state index is -0.797. The first kappa shape index (κ1) is 16.6. The van der Waals surface area contributed by atoms with E-state index in [0.29, 0.717) is 6.42 Å². The van der Waals surface area contributed by atoms with Crippen LogP contribution >= 0.6 is 0 Å². The zero-order chi connectivity index (χ0) is 15.2. The molecule has 0 saturated carbocycles. The first-order valence-electron chi connectivity index (χ1n) is 6.90. The van der Waals surface area contributed by atoms with Crippen molar-refractivity contribution in [3.8, 4) is 6.07 Å². The smallest absolute Gasteiger partial charge is 0.101 e. The van der Waals surface area contributed by atoms with Gasteiger partial charge in [0, 0.05) is 6.04 Å². The van der Waals surface area contributed by atoms with Crippen LogP contribution in [0.25, 0.3) is 0 Å². The molecule has 3 N–H and O–H groups in total. The molecular weight excluding hydrogens is 252 g/mol. The van der Waals surface area contributed by atoms with Gasteiger partial charge in [0.2, 0.25) is 0 Å². The summed E-state index contributed by atoms with van der Waals surface area (Å²) >= 11 is 0. The quantitative estimate of drug-likeness (QED) is 0.712. The molecule has 0 fully saturated rings. The van der Waals surface area contributed by atoms with Crippen LogP contribution in [0.2, 0.25) is 0 Å². The van der Waals surface area contributed by atoms with Crippen molar-refractivity contribution in [2.45, 2.75) is 45.4 Å². The predicted molar refractivity (Wildman–Crippen MR) is 78.9 cm³/mol. The third-order valence-corrected chi connectivity index (χ3v) is 3.60. The van der Waals surface area contributed by atoms with Crippen molar-refractivity contribution in [3.63, 3.8) is 0 Å². The largest absolute Gasteiger partial charge is 0.394 e. The van der Waals surface area contributed by atoms with Gasteiger partial charge in [-0.15, -0.1) is 0 Å². The molecule has 3 atom stereocenters. The first-order valence-corrected chi connectivity index (χ1v) is 6.90. The summed E-state index contributed by atoms with van der Waals surface area (Å²) in [7, 11) is 0. The molecule has 4 nitrogen and oxygen atoms in total. The number of rotatable bonds is 7. The Kier molecular flexibility index (Phi) is 6.15. The molecule has 2 unspecified atom stereocenters. The highest BCUT2D eigenvalue weighted by Gasteiger charge is 2.32. The van der Waals surface area contributed by atoms with E-state index in [0.717, 1.165) is 5.56 Å². The van der Waals surface area contributed by atoms with Crippen LogP contribution in [0.15, 0.2) is 30.3 Å². The fraction of sp³-hybridized carbons (Fsp3) is 0.562. The molecule has 4 heteroatoms. The number of aliphatic hydroxyl groups is 2. The maximum atomic E-state index is 9.60. The summed E-state index contributed by atoms with van der Waals surface area (Å²) in [6.45, 7) is 5.57. The van der Waals surface area contributed by atoms with Crippen LogP contribution in [0.1, 0.15) is 38.8 Å². The highest BCUT2D eigenvalue weighted by Crippen LogP contribution is 2.28. The standard InChI is InChI=1S/C16H24N2O2/c1-12(13-7-5-4-6-8-13)18-15(10-17)16(2,3)9-14(20)11-19/h4-8,12,14-15,18-20H,9,11H2,1-3H3/t12?,14-,15?/m1/s1. The average Bonchev–Trinajstić information content (AvgIpc) is 2.44. The molecule has 110 valence electrons. The van der Waals surface area contributed by atoms with E-state index in [1.54, 1.807) is 0 Å². The summed E-state index contributed by atoms with van der Waals surface area (Å²) in [5.41, 5.74) is 0.686. The molecule has 20 heavy (non-hydrogen) atoms. The van der Waals surface area contributed by atoms with E-state index in [1.165, 1.54) is 0 Å². The molecular formula is C16H24N2O2. The van der Waals surface area contributed by atoms with Crippen molar-refractivity contribution in [1.29, 1.82) is 5.26 Å². The number of hydrogen-bond donors (Lipinski definition) is 3. The Morgan fingerprint density at radius 3 is 2.40 bits per heavy atom. The van der Waals surface area contributed by atoms with Crippen molar-refractivity contribution >= 4 is 0 Å². The van der Waals surface area contributed by atoms with E-state index >= 15 is 0 Å². The van der Waals surface area contributed by atoms with E-state index in [4.69, 9.17) is 5.11 Å². The van der Waals surface area contributed by atoms with Crippen LogP contribution in [0.3, 0.4) is 0 Å². The van der Waals surface area contributed by atoms with Crippen LogP contribution in [-0.4, -0.2) is 29.0 Å². The third-order valence-electron chi connectivity index (χ3n) is 3.60. The lowest BCUT2D eigenvalue weighted by Crippen LogP contribution is -2.44. The number of nitriles is 1. The molecule has 0 amide bonds. The van der Waals surface area contributed by atoms with Crippen LogP contribution in [-0.2, 0) is 0 Å². The highest BCUT2D eigenvalue weighted by molar-refractivity contribution is 5.19. The lowest BCUT2D eigenvalue weighted by molar-refractivity contribution is 0.0494. The van der Waals surface area contributed by atoms with Gasteiger partial charge in [0.25, 0.3) is 0 Å². The normalized spacial score (nSPS) is 16.2. The maximum Gasteiger partial charge on any atom is 0.101 e. The Morgan fingerprint density at radius 2 is 1.90 bits per heavy atom. The van der Waals surface area contributed by atoms with Crippen LogP contribution < -0.4 is 5.32 Å². The van der Waals surface area contributed by atoms with Crippen molar-refractivity contribution < 1.29 is 10.2 Å². The molecule has 0 saturated heterocycles. The van der Waals surface area contributed by atoms with Gasteiger partial charge in [0.15, 0.2) is 0 Å². The van der Waals surface area contributed by atoms with Crippen molar-refractivity contribution in [1.82, 2.24) is 5.32 Å². The van der Waals surface area contributed by atoms with Crippen molar-refractivity contribution in [2.24, 2.45) is 5.41 Å². The van der Waals surface area contributed by atoms with Gasteiger partial charge in [-0.2, -0.15) is 5.26 Å². The fourth-order valence-electron chi connectivity index (χ4n) is 2.32. The molecule has 0 aliphatic heterocycles. The van der Waals surface area contributed by atoms with Crippen molar-refractivity contribution in [3.05, 3.63) is 35.9 Å². The van der Waals surface area contributed by atoms with Crippen LogP contribution in [0.4, 0.5) is 0 Å². The summed E-state index contributed by atoms with van der Waals surface area (Å²) in [5, 5.41) is 31.2. The monoisotopic (exact) mass is 276 g/mol. The fourth-order valence-corrected chi connectivity index (χ4v) is 2.32. The van der Waals surface area contributed by atoms with E-state index in [9.17, 15) is 10.4 Å². The topological polar surface area (TPSA) is 76.3 Å². The number of aliphatic hydroxyl groups excluding tert-OH is 2. The van der Waals surface area contributed by atoms with Crippen LogP contribution in [0, 0.1) is 16.7 Å². The van der Waals surface area contributed by atoms with Gasteiger partial charge in [-0.05, 0) is 24.3 Å². The summed E-state index contributed by atoms with van der Waals surface area (Å²) < 4.78 is 0. The zero-order valence-corrected chi connectivity index (χ0v) is 12.4. The van der Waals surface area contributed by atoms with Gasteiger partial charge in [-0.3, -0.25) is 5.32 Å². The van der Waals surface area contributed by atoms with Gasteiger partial charge in [0.1, 0.15) is 6.04 Å². The zero-order valence-electron chi connectivity index (χ0n) is 12.4. The minimum absolute atomic E-state index is 0.0476. The average molecular weight is 276 g/mol. The van der Waals surface area contributed by atoms with Crippen LogP contribution in [0.5, 0.6) is 0 Å². The Morgan fingerprint density at radius 1 is 1.30 bits per heavy atom. The second-order valence-corrected chi connectivity index (χ2v) is 5.89. The molecule has 1 rings (SSSR count). The lowest BCUT2D eigenvalue weighted by atomic mass is 9.79. The SMILES string of the molecule is CC(NC(C#N)C(C)(C)C[C@@H](O)CO)c1ccccc1. The molecule has 1 aromatic rings. The number of nitrogens with one attached hydrogen (secondary N) is 1. The molecule has 0 aliphatic carbocycles. The van der Waals surface area contributed by atoms with E-state index < -0.39 is 17.6 Å². The second kappa shape index (κ2) is 7.39. The van der Waals surface area contributed by atoms with E-state index in [2.05, 4.69) is 11.4 Å². The minimum Gasteiger partial charge on any atom is -0.394 e. The number of nitrogens with zero attached hydrogens (tertiary/aromatic N) is 1. The van der Waals surface area contributed by atoms with Gasteiger partial charge >= 0.3 is 0 Å². The number of hydrogen-bond acceptors (Lipinski definition) is 4. The maximum absolute atomic E-state index is 9.60. The van der Waals surface area contributed by atoms with Crippen molar-refractivity contribution in [2.75, 3.05) is 6.61 Å². The highest BCUT2D eigenvalue weighted by atomic mass is 16.3. The first-order chi connectivity index (χ1) is 9.40. The number of benzene rings is 1. The summed E-state index contributed by atoms with van der Waals surface area (Å²) in [4.78, 5) is 0. The molecule has 0 spiro atoms. The lowest BCUT2D eigenvalue weighted by Gasteiger charge is -2.33. The second-order valence-electron chi connectivity index (χ2n) is 5.89. The van der Waals surface area contributed by atoms with Gasteiger partial charge in [-0.1, -0.05) is 44.2 Å². The Labute approximate surface area is 121 Å². The summed E-state index contributed by atoms with van der Waals surface area (Å²) in [6.07, 6.45) is -0.425. The van der Waals surface area contributed by atoms with Gasteiger partial charge in [0.05, 0.1) is 18.8 Å². The van der Waals surface area contributed by atoms with E-state index in [-0.39, 0.29) is 12.6 Å². The summed E-state index contributed by atoms with van der Waals surface area (Å²) in [6, 6.07) is 11.8. The molecule has 0 aromatic heterocycles. The molecule has 0 aliphatic rings. The summed E-state index contributed by atoms with van der Waals surface area (Å²) in [5.74, 6) is 0. The van der Waals surface area contributed by atoms with Gasteiger partial charge in [-0.25, -0.2) is 0 Å². The third kappa shape index (κ3) is 4.61. The molecule has 0 radical (unpaired) electrons. The Bertz CT molecular complexity index is 440.